The number of nitriles is 1. The first-order chi connectivity index (χ1) is 12.0. The van der Waals surface area contributed by atoms with Crippen LogP contribution in [-0.2, 0) is 5.41 Å². The third kappa shape index (κ3) is 2.55. The Morgan fingerprint density at radius 3 is 2.96 bits per heavy atom. The highest BCUT2D eigenvalue weighted by Crippen LogP contribution is 2.45. The van der Waals surface area contributed by atoms with E-state index in [2.05, 4.69) is 27.1 Å². The maximum Gasteiger partial charge on any atom is 0.235 e. The summed E-state index contributed by atoms with van der Waals surface area (Å²) in [5, 5.41) is 12.9. The standard InChI is InChI=1S/C17H19FN6O/c1-11-21-16(25-22-11)17-3-4-23(2)8-13(17)9-24(10-17)15-14(18)5-12(6-19)7-20-15/h5,7,13H,3-4,8-10H2,1-2H3/t13-,17-/m1/s1. The molecule has 4 rings (SSSR count). The van der Waals surface area contributed by atoms with Gasteiger partial charge in [-0.25, -0.2) is 9.37 Å². The van der Waals surface area contributed by atoms with Crippen molar-refractivity contribution in [3.8, 4) is 6.07 Å². The smallest absolute Gasteiger partial charge is 0.235 e. The highest BCUT2D eigenvalue weighted by Gasteiger charge is 2.54. The van der Waals surface area contributed by atoms with Crippen molar-refractivity contribution >= 4 is 5.82 Å². The van der Waals surface area contributed by atoms with Gasteiger partial charge in [-0.15, -0.1) is 0 Å². The van der Waals surface area contributed by atoms with E-state index >= 15 is 0 Å². The summed E-state index contributed by atoms with van der Waals surface area (Å²) in [6.07, 6.45) is 2.29. The Morgan fingerprint density at radius 2 is 2.28 bits per heavy atom. The van der Waals surface area contributed by atoms with E-state index in [0.29, 0.717) is 24.8 Å². The van der Waals surface area contributed by atoms with Crippen molar-refractivity contribution in [1.82, 2.24) is 20.0 Å². The molecule has 0 saturated carbocycles. The molecular formula is C17H19FN6O. The van der Waals surface area contributed by atoms with Crippen molar-refractivity contribution in [3.05, 3.63) is 35.4 Å². The van der Waals surface area contributed by atoms with Crippen LogP contribution in [0.4, 0.5) is 10.2 Å². The Labute approximate surface area is 145 Å². The average molecular weight is 342 g/mol. The lowest BCUT2D eigenvalue weighted by Gasteiger charge is -2.39. The molecule has 0 unspecified atom stereocenters. The first kappa shape index (κ1) is 16.0. The van der Waals surface area contributed by atoms with E-state index in [1.54, 1.807) is 0 Å². The molecule has 130 valence electrons. The third-order valence-corrected chi connectivity index (χ3v) is 5.37. The fourth-order valence-corrected chi connectivity index (χ4v) is 4.08. The van der Waals surface area contributed by atoms with Gasteiger partial charge in [0.15, 0.2) is 17.5 Å². The van der Waals surface area contributed by atoms with Crippen LogP contribution in [0.1, 0.15) is 23.7 Å². The van der Waals surface area contributed by atoms with Crippen molar-refractivity contribution < 1.29 is 8.91 Å². The second-order valence-corrected chi connectivity index (χ2v) is 7.03. The summed E-state index contributed by atoms with van der Waals surface area (Å²) in [4.78, 5) is 12.9. The number of hydrogen-bond donors (Lipinski definition) is 0. The minimum Gasteiger partial charge on any atom is -0.353 e. The Hall–Kier alpha value is -2.53. The van der Waals surface area contributed by atoms with Gasteiger partial charge in [-0.3, -0.25) is 0 Å². The van der Waals surface area contributed by atoms with Gasteiger partial charge in [0, 0.05) is 31.7 Å². The molecule has 8 heteroatoms. The van der Waals surface area contributed by atoms with Gasteiger partial charge in [0.25, 0.3) is 0 Å². The molecule has 25 heavy (non-hydrogen) atoms. The van der Waals surface area contributed by atoms with E-state index in [0.717, 1.165) is 19.5 Å². The number of pyridine rings is 1. The van der Waals surface area contributed by atoms with Crippen LogP contribution in [0.2, 0.25) is 0 Å². The number of likely N-dealkylation sites (tertiary alicyclic amines) is 1. The predicted octanol–water partition coefficient (Wildman–Crippen LogP) is 1.49. The molecule has 0 N–H and O–H groups in total. The number of piperidine rings is 1. The number of hydrogen-bond acceptors (Lipinski definition) is 7. The second kappa shape index (κ2) is 5.77. The van der Waals surface area contributed by atoms with Gasteiger partial charge < -0.3 is 14.3 Å². The molecule has 0 amide bonds. The van der Waals surface area contributed by atoms with Crippen LogP contribution in [-0.4, -0.2) is 53.3 Å². The number of aromatic nitrogens is 3. The van der Waals surface area contributed by atoms with Gasteiger partial charge in [-0.2, -0.15) is 10.2 Å². The molecule has 0 spiro atoms. The van der Waals surface area contributed by atoms with E-state index in [4.69, 9.17) is 9.78 Å². The number of aryl methyl sites for hydroxylation is 1. The topological polar surface area (TPSA) is 82.1 Å². The molecule has 2 fully saturated rings. The summed E-state index contributed by atoms with van der Waals surface area (Å²) < 4.78 is 20.0. The average Bonchev–Trinajstić information content (AvgIpc) is 3.18. The van der Waals surface area contributed by atoms with Crippen LogP contribution < -0.4 is 4.90 Å². The molecule has 2 saturated heterocycles. The fraction of sp³-hybridized carbons (Fsp3) is 0.529. The molecule has 2 aliphatic heterocycles. The molecule has 0 aliphatic carbocycles. The lowest BCUT2D eigenvalue weighted by Crippen LogP contribution is -2.48. The van der Waals surface area contributed by atoms with Gasteiger partial charge in [0.05, 0.1) is 11.0 Å². The zero-order chi connectivity index (χ0) is 17.6. The molecule has 4 heterocycles. The molecule has 2 aromatic heterocycles. The maximum atomic E-state index is 14.5. The highest BCUT2D eigenvalue weighted by molar-refractivity contribution is 5.47. The lowest BCUT2D eigenvalue weighted by molar-refractivity contribution is 0.118. The largest absolute Gasteiger partial charge is 0.353 e. The van der Waals surface area contributed by atoms with Gasteiger partial charge in [-0.1, -0.05) is 5.16 Å². The Morgan fingerprint density at radius 1 is 1.44 bits per heavy atom. The van der Waals surface area contributed by atoms with Crippen LogP contribution in [0.3, 0.4) is 0 Å². The van der Waals surface area contributed by atoms with Crippen molar-refractivity contribution in [2.75, 3.05) is 38.1 Å². The van der Waals surface area contributed by atoms with E-state index in [1.165, 1.54) is 12.3 Å². The summed E-state index contributed by atoms with van der Waals surface area (Å²) in [6.45, 7) is 4.87. The van der Waals surface area contributed by atoms with Gasteiger partial charge in [-0.05, 0) is 33.0 Å². The van der Waals surface area contributed by atoms with Crippen LogP contribution in [0, 0.1) is 30.0 Å². The molecule has 2 atom stereocenters. The molecular weight excluding hydrogens is 323 g/mol. The SMILES string of the molecule is Cc1noc([C@@]23CCN(C)C[C@@H]2CN(c2ncc(C#N)cc2F)C3)n1. The first-order valence-electron chi connectivity index (χ1n) is 8.32. The normalized spacial score (nSPS) is 26.5. The quantitative estimate of drug-likeness (QED) is 0.818. The van der Waals surface area contributed by atoms with E-state index in [9.17, 15) is 4.39 Å². The zero-order valence-electron chi connectivity index (χ0n) is 14.2. The van der Waals surface area contributed by atoms with E-state index in [1.807, 2.05) is 17.9 Å². The van der Waals surface area contributed by atoms with Crippen molar-refractivity contribution in [2.24, 2.45) is 5.92 Å². The summed E-state index contributed by atoms with van der Waals surface area (Å²) in [5.41, 5.74) is -0.0599. The highest BCUT2D eigenvalue weighted by atomic mass is 19.1. The number of halogens is 1. The fourth-order valence-electron chi connectivity index (χ4n) is 4.08. The molecule has 0 bridgehead atoms. The third-order valence-electron chi connectivity index (χ3n) is 5.37. The van der Waals surface area contributed by atoms with Crippen molar-refractivity contribution in [2.45, 2.75) is 18.8 Å². The second-order valence-electron chi connectivity index (χ2n) is 7.03. The Kier molecular flexibility index (Phi) is 3.69. The molecule has 0 aromatic carbocycles. The first-order valence-corrected chi connectivity index (χ1v) is 8.32. The molecule has 2 aromatic rings. The minimum atomic E-state index is -0.470. The molecule has 2 aliphatic rings. The summed E-state index contributed by atoms with van der Waals surface area (Å²) >= 11 is 0. The summed E-state index contributed by atoms with van der Waals surface area (Å²) in [7, 11) is 2.09. The monoisotopic (exact) mass is 342 g/mol. The molecule has 7 nitrogen and oxygen atoms in total. The van der Waals surface area contributed by atoms with Gasteiger partial charge in [0.1, 0.15) is 6.07 Å². The van der Waals surface area contributed by atoms with Crippen LogP contribution in [0.15, 0.2) is 16.8 Å². The number of rotatable bonds is 2. The minimum absolute atomic E-state index is 0.222. The zero-order valence-corrected chi connectivity index (χ0v) is 14.2. The number of nitrogens with zero attached hydrogens (tertiary/aromatic N) is 6. The van der Waals surface area contributed by atoms with Gasteiger partial charge >= 0.3 is 0 Å². The lowest BCUT2D eigenvalue weighted by atomic mass is 9.72. The van der Waals surface area contributed by atoms with Gasteiger partial charge in [0.2, 0.25) is 5.89 Å². The Bertz CT molecular complexity index is 846. The van der Waals surface area contributed by atoms with Crippen LogP contribution in [0.25, 0.3) is 0 Å². The summed E-state index contributed by atoms with van der Waals surface area (Å²) in [5.74, 6) is 1.32. The molecule has 0 radical (unpaired) electrons. The van der Waals surface area contributed by atoms with Crippen molar-refractivity contribution in [3.63, 3.8) is 0 Å². The van der Waals surface area contributed by atoms with Crippen LogP contribution in [0.5, 0.6) is 0 Å². The van der Waals surface area contributed by atoms with Crippen LogP contribution >= 0.6 is 0 Å². The Balaban J connectivity index is 1.71. The number of anilines is 1. The van der Waals surface area contributed by atoms with Crippen molar-refractivity contribution in [1.29, 1.82) is 5.26 Å². The number of fused-ring (bicyclic) bond motifs is 1. The maximum absolute atomic E-state index is 14.5. The van der Waals surface area contributed by atoms with E-state index < -0.39 is 5.82 Å². The summed E-state index contributed by atoms with van der Waals surface area (Å²) in [6, 6.07) is 3.15. The predicted molar refractivity (Wildman–Crippen MR) is 87.4 cm³/mol. The van der Waals surface area contributed by atoms with E-state index in [-0.39, 0.29) is 22.7 Å².